The van der Waals surface area contributed by atoms with Gasteiger partial charge in [0.2, 0.25) is 0 Å². The molecule has 66 valence electrons. The van der Waals surface area contributed by atoms with Gasteiger partial charge in [0.25, 0.3) is 6.43 Å². The van der Waals surface area contributed by atoms with Gasteiger partial charge in [-0.25, -0.2) is 8.78 Å². The summed E-state index contributed by atoms with van der Waals surface area (Å²) in [6.07, 6.45) is -2.44. The van der Waals surface area contributed by atoms with Gasteiger partial charge in [0.15, 0.2) is 0 Å². The molecule has 1 unspecified atom stereocenters. The number of rotatable bonds is 5. The van der Waals surface area contributed by atoms with Crippen molar-refractivity contribution in [2.24, 2.45) is 0 Å². The van der Waals surface area contributed by atoms with Crippen molar-refractivity contribution in [3.05, 3.63) is 11.6 Å². The number of halogens is 3. The zero-order valence-corrected chi connectivity index (χ0v) is 6.61. The van der Waals surface area contributed by atoms with E-state index in [0.717, 1.165) is 0 Å². The average Bonchev–Trinajstić information content (AvgIpc) is 1.87. The van der Waals surface area contributed by atoms with Crippen LogP contribution >= 0.6 is 11.6 Å². The largest absolute Gasteiger partial charge is 0.394 e. The van der Waals surface area contributed by atoms with Crippen LogP contribution in [0.15, 0.2) is 11.6 Å². The molecule has 0 aliphatic carbocycles. The highest BCUT2D eigenvalue weighted by atomic mass is 35.5. The molecule has 0 aromatic rings. The van der Waals surface area contributed by atoms with Gasteiger partial charge >= 0.3 is 0 Å². The lowest BCUT2D eigenvalue weighted by molar-refractivity contribution is 0.137. The van der Waals surface area contributed by atoms with Crippen LogP contribution in [0.5, 0.6) is 0 Å². The molecule has 0 bridgehead atoms. The molecule has 0 heterocycles. The second kappa shape index (κ2) is 5.46. The summed E-state index contributed by atoms with van der Waals surface area (Å²) in [6.45, 7) is 2.49. The number of nitrogens with one attached hydrogen (secondary N) is 1. The topological polar surface area (TPSA) is 32.3 Å². The molecule has 5 heteroatoms. The van der Waals surface area contributed by atoms with Crippen molar-refractivity contribution in [1.82, 2.24) is 5.32 Å². The molecule has 2 nitrogen and oxygen atoms in total. The van der Waals surface area contributed by atoms with Gasteiger partial charge in [-0.2, -0.15) is 0 Å². The van der Waals surface area contributed by atoms with E-state index in [0.29, 0.717) is 0 Å². The highest BCUT2D eigenvalue weighted by Gasteiger charge is 2.11. The first kappa shape index (κ1) is 10.8. The molecule has 0 aromatic heterocycles. The van der Waals surface area contributed by atoms with Gasteiger partial charge in [-0.15, -0.1) is 0 Å². The highest BCUT2D eigenvalue weighted by molar-refractivity contribution is 6.29. The van der Waals surface area contributed by atoms with Crippen molar-refractivity contribution in [3.8, 4) is 0 Å². The Labute approximate surface area is 68.9 Å². The Morgan fingerprint density at radius 3 is 2.45 bits per heavy atom. The minimum absolute atomic E-state index is 0.133. The standard InChI is InChI=1S/C6H10ClF2NO/c1-4(7)5(3-11)10-2-6(8)9/h5-6,10-11H,1-3H2. The first-order valence-electron chi connectivity index (χ1n) is 3.04. The van der Waals surface area contributed by atoms with E-state index < -0.39 is 19.0 Å². The molecular weight excluding hydrogens is 176 g/mol. The van der Waals surface area contributed by atoms with Crippen LogP contribution < -0.4 is 5.32 Å². The number of aliphatic hydroxyl groups is 1. The first-order chi connectivity index (χ1) is 5.07. The van der Waals surface area contributed by atoms with Crippen molar-refractivity contribution in [2.45, 2.75) is 12.5 Å². The van der Waals surface area contributed by atoms with Crippen molar-refractivity contribution in [1.29, 1.82) is 0 Å². The van der Waals surface area contributed by atoms with E-state index in [9.17, 15) is 8.78 Å². The smallest absolute Gasteiger partial charge is 0.250 e. The van der Waals surface area contributed by atoms with Gasteiger partial charge in [-0.1, -0.05) is 18.2 Å². The fourth-order valence-corrected chi connectivity index (χ4v) is 0.652. The van der Waals surface area contributed by atoms with Crippen LogP contribution in [0.1, 0.15) is 0 Å². The molecule has 0 radical (unpaired) electrons. The van der Waals surface area contributed by atoms with Crippen LogP contribution in [0, 0.1) is 0 Å². The zero-order chi connectivity index (χ0) is 8.85. The van der Waals surface area contributed by atoms with E-state index in [1.807, 2.05) is 0 Å². The lowest BCUT2D eigenvalue weighted by atomic mass is 10.3. The highest BCUT2D eigenvalue weighted by Crippen LogP contribution is 2.04. The molecule has 0 saturated carbocycles. The van der Waals surface area contributed by atoms with Gasteiger partial charge < -0.3 is 10.4 Å². The minimum Gasteiger partial charge on any atom is -0.394 e. The Balaban J connectivity index is 3.61. The summed E-state index contributed by atoms with van der Waals surface area (Å²) in [5, 5.41) is 11.0. The van der Waals surface area contributed by atoms with E-state index in [-0.39, 0.29) is 11.6 Å². The van der Waals surface area contributed by atoms with Crippen LogP contribution in [0.25, 0.3) is 0 Å². The molecule has 1 atom stereocenters. The summed E-state index contributed by atoms with van der Waals surface area (Å²) in [5.74, 6) is 0. The number of aliphatic hydroxyl groups excluding tert-OH is 1. The van der Waals surface area contributed by atoms with Crippen molar-refractivity contribution in [2.75, 3.05) is 13.2 Å². The first-order valence-corrected chi connectivity index (χ1v) is 3.42. The predicted octanol–water partition coefficient (Wildman–Crippen LogP) is 0.955. The molecule has 2 N–H and O–H groups in total. The monoisotopic (exact) mass is 185 g/mol. The van der Waals surface area contributed by atoms with Crippen LogP contribution in [0.2, 0.25) is 0 Å². The number of hydrogen-bond donors (Lipinski definition) is 2. The van der Waals surface area contributed by atoms with Gasteiger partial charge in [-0.3, -0.25) is 0 Å². The summed E-state index contributed by atoms with van der Waals surface area (Å²) in [6, 6.07) is -0.648. The molecule has 0 rings (SSSR count). The molecule has 0 amide bonds. The molecule has 0 aliphatic heterocycles. The van der Waals surface area contributed by atoms with Gasteiger partial charge in [0.05, 0.1) is 19.2 Å². The third kappa shape index (κ3) is 5.12. The van der Waals surface area contributed by atoms with Crippen LogP contribution in [0.4, 0.5) is 8.78 Å². The second-order valence-electron chi connectivity index (χ2n) is 1.98. The quantitative estimate of drug-likeness (QED) is 0.669. The number of alkyl halides is 2. The van der Waals surface area contributed by atoms with E-state index in [4.69, 9.17) is 16.7 Å². The van der Waals surface area contributed by atoms with Gasteiger partial charge in [0.1, 0.15) is 0 Å². The van der Waals surface area contributed by atoms with E-state index in [2.05, 4.69) is 11.9 Å². The second-order valence-corrected chi connectivity index (χ2v) is 2.47. The maximum Gasteiger partial charge on any atom is 0.250 e. The average molecular weight is 186 g/mol. The molecule has 11 heavy (non-hydrogen) atoms. The van der Waals surface area contributed by atoms with Crippen molar-refractivity contribution >= 4 is 11.6 Å². The Kier molecular flexibility index (Phi) is 5.36. The Hall–Kier alpha value is -0.190. The fourth-order valence-electron chi connectivity index (χ4n) is 0.506. The van der Waals surface area contributed by atoms with Crippen molar-refractivity contribution in [3.63, 3.8) is 0 Å². The summed E-state index contributed by atoms with van der Waals surface area (Å²) in [5.41, 5.74) is 0. The van der Waals surface area contributed by atoms with E-state index in [1.165, 1.54) is 0 Å². The van der Waals surface area contributed by atoms with E-state index >= 15 is 0 Å². The summed E-state index contributed by atoms with van der Waals surface area (Å²) in [7, 11) is 0. The van der Waals surface area contributed by atoms with Crippen molar-refractivity contribution < 1.29 is 13.9 Å². The maximum absolute atomic E-state index is 11.6. The predicted molar refractivity (Wildman–Crippen MR) is 39.9 cm³/mol. The Morgan fingerprint density at radius 2 is 2.18 bits per heavy atom. The lowest BCUT2D eigenvalue weighted by Gasteiger charge is -2.13. The molecule has 0 aliphatic rings. The van der Waals surface area contributed by atoms with Gasteiger partial charge in [-0.05, 0) is 0 Å². The molecule has 0 spiro atoms. The molecule has 0 fully saturated rings. The third-order valence-corrected chi connectivity index (χ3v) is 1.34. The number of hydrogen-bond acceptors (Lipinski definition) is 2. The summed E-state index contributed by atoms with van der Waals surface area (Å²) in [4.78, 5) is 0. The van der Waals surface area contributed by atoms with Crippen LogP contribution in [0.3, 0.4) is 0 Å². The summed E-state index contributed by atoms with van der Waals surface area (Å²) < 4.78 is 23.2. The lowest BCUT2D eigenvalue weighted by Crippen LogP contribution is -2.35. The van der Waals surface area contributed by atoms with Crippen LogP contribution in [-0.4, -0.2) is 30.7 Å². The van der Waals surface area contributed by atoms with Gasteiger partial charge in [0, 0.05) is 5.03 Å². The minimum atomic E-state index is -2.44. The summed E-state index contributed by atoms with van der Waals surface area (Å²) >= 11 is 5.37. The zero-order valence-electron chi connectivity index (χ0n) is 5.86. The third-order valence-electron chi connectivity index (χ3n) is 1.08. The van der Waals surface area contributed by atoms with E-state index in [1.54, 1.807) is 0 Å². The fraction of sp³-hybridized carbons (Fsp3) is 0.667. The SMILES string of the molecule is C=C(Cl)C(CO)NCC(F)F. The molecular formula is C6H10ClF2NO. The van der Waals surface area contributed by atoms with Crippen LogP contribution in [-0.2, 0) is 0 Å². The molecule has 0 saturated heterocycles. The maximum atomic E-state index is 11.6. The normalized spacial score (nSPS) is 13.5. The Morgan fingerprint density at radius 1 is 1.64 bits per heavy atom. The molecule has 0 aromatic carbocycles. The Bertz CT molecular complexity index is 132.